The van der Waals surface area contributed by atoms with Gasteiger partial charge < -0.3 is 25.4 Å². The van der Waals surface area contributed by atoms with Gasteiger partial charge >= 0.3 is 6.09 Å². The van der Waals surface area contributed by atoms with E-state index in [4.69, 9.17) is 20.2 Å². The maximum absolute atomic E-state index is 12.6. The van der Waals surface area contributed by atoms with E-state index in [-0.39, 0.29) is 12.1 Å². The van der Waals surface area contributed by atoms with Crippen LogP contribution in [-0.2, 0) is 4.74 Å². The first-order valence-electron chi connectivity index (χ1n) is 13.0. The van der Waals surface area contributed by atoms with Crippen LogP contribution in [0.15, 0.2) is 54.9 Å². The Balaban J connectivity index is 1.38. The number of carbonyl (C=O) groups is 1. The first-order chi connectivity index (χ1) is 18.7. The van der Waals surface area contributed by atoms with Crippen molar-refractivity contribution in [2.45, 2.75) is 52.2 Å². The summed E-state index contributed by atoms with van der Waals surface area (Å²) in [4.78, 5) is 23.5. The van der Waals surface area contributed by atoms with Crippen molar-refractivity contribution in [3.05, 3.63) is 60.4 Å². The Kier molecular flexibility index (Phi) is 7.19. The van der Waals surface area contributed by atoms with Gasteiger partial charge in [0.05, 0.1) is 17.5 Å². The fourth-order valence-electron chi connectivity index (χ4n) is 4.63. The van der Waals surface area contributed by atoms with E-state index in [0.717, 1.165) is 29.2 Å². The lowest BCUT2D eigenvalue weighted by molar-refractivity contribution is 0.0206. The molecule has 1 aliphatic heterocycles. The van der Waals surface area contributed by atoms with Crippen LogP contribution in [0.4, 0.5) is 16.4 Å². The molecule has 4 aromatic rings. The molecule has 1 unspecified atom stereocenters. The molecule has 3 heterocycles. The number of nitrogens with zero attached hydrogens (tertiary/aromatic N) is 5. The summed E-state index contributed by atoms with van der Waals surface area (Å²) in [6, 6.07) is 13.3. The second-order valence-corrected chi connectivity index (χ2v) is 10.7. The minimum absolute atomic E-state index is 0.00315. The van der Waals surface area contributed by atoms with E-state index >= 15 is 0 Å². The Morgan fingerprint density at radius 3 is 2.77 bits per heavy atom. The average molecular weight is 528 g/mol. The summed E-state index contributed by atoms with van der Waals surface area (Å²) in [7, 11) is 0. The van der Waals surface area contributed by atoms with Crippen molar-refractivity contribution in [2.24, 2.45) is 0 Å². The maximum atomic E-state index is 12.6. The van der Waals surface area contributed by atoms with Gasteiger partial charge in [0.15, 0.2) is 0 Å². The molecule has 1 fully saturated rings. The monoisotopic (exact) mass is 527 g/mol. The normalized spacial score (nSPS) is 15.7. The minimum Gasteiger partial charge on any atom is -0.444 e. The van der Waals surface area contributed by atoms with Crippen LogP contribution in [-0.4, -0.2) is 55.9 Å². The largest absolute Gasteiger partial charge is 0.444 e. The van der Waals surface area contributed by atoms with Gasteiger partial charge in [-0.2, -0.15) is 5.10 Å². The second kappa shape index (κ2) is 10.7. The number of nitrogens with one attached hydrogen (secondary N) is 1. The zero-order chi connectivity index (χ0) is 27.6. The number of carbonyl (C=O) groups excluding carboxylic acids is 1. The SMILES string of the molecule is Cc1ccc2c(N)cccc2c1Oc1nnccc1-c1ccnc(NC2CCCN(C(=O)OC(C)(C)C)C2)n1. The number of piperidine rings is 1. The Hall–Kier alpha value is -4.47. The van der Waals surface area contributed by atoms with Gasteiger partial charge in [-0.3, -0.25) is 0 Å². The van der Waals surface area contributed by atoms with Crippen molar-refractivity contribution in [3.8, 4) is 22.9 Å². The van der Waals surface area contributed by atoms with E-state index in [0.29, 0.717) is 47.6 Å². The molecule has 0 saturated carbocycles. The van der Waals surface area contributed by atoms with E-state index < -0.39 is 5.60 Å². The standard InChI is InChI=1S/C29H33N7O3/c1-18-10-11-20-21(8-5-9-23(20)30)25(18)38-26-22(12-15-32-35-26)24-13-14-31-27(34-24)33-19-7-6-16-36(17-19)28(37)39-29(2,3)4/h5,8-15,19H,6-7,16-17,30H2,1-4H3,(H,31,33,34). The lowest BCUT2D eigenvalue weighted by atomic mass is 10.0. The summed E-state index contributed by atoms with van der Waals surface area (Å²) in [5.74, 6) is 1.45. The summed E-state index contributed by atoms with van der Waals surface area (Å²) in [6.45, 7) is 8.76. The molecule has 5 rings (SSSR count). The summed E-state index contributed by atoms with van der Waals surface area (Å²) < 4.78 is 11.9. The number of nitrogen functional groups attached to an aromatic ring is 1. The number of aromatic nitrogens is 4. The predicted molar refractivity (Wildman–Crippen MR) is 151 cm³/mol. The van der Waals surface area contributed by atoms with Crippen LogP contribution in [0.2, 0.25) is 0 Å². The van der Waals surface area contributed by atoms with Crippen LogP contribution in [0.1, 0.15) is 39.2 Å². The van der Waals surface area contributed by atoms with Crippen LogP contribution in [0, 0.1) is 6.92 Å². The number of fused-ring (bicyclic) bond motifs is 1. The predicted octanol–water partition coefficient (Wildman–Crippen LogP) is 5.58. The molecule has 3 N–H and O–H groups in total. The van der Waals surface area contributed by atoms with Crippen molar-refractivity contribution in [1.82, 2.24) is 25.1 Å². The molecule has 2 aromatic carbocycles. The van der Waals surface area contributed by atoms with E-state index in [1.165, 1.54) is 0 Å². The van der Waals surface area contributed by atoms with Gasteiger partial charge in [0.1, 0.15) is 11.4 Å². The fourth-order valence-corrected chi connectivity index (χ4v) is 4.63. The van der Waals surface area contributed by atoms with E-state index in [2.05, 4.69) is 20.5 Å². The number of rotatable bonds is 5. The van der Waals surface area contributed by atoms with Gasteiger partial charge in [0, 0.05) is 41.8 Å². The van der Waals surface area contributed by atoms with E-state index in [9.17, 15) is 4.79 Å². The van der Waals surface area contributed by atoms with Gasteiger partial charge in [0.25, 0.3) is 0 Å². The third-order valence-electron chi connectivity index (χ3n) is 6.47. The fraction of sp³-hybridized carbons (Fsp3) is 0.345. The lowest BCUT2D eigenvalue weighted by Gasteiger charge is -2.34. The molecule has 0 spiro atoms. The van der Waals surface area contributed by atoms with Gasteiger partial charge in [0.2, 0.25) is 11.8 Å². The number of anilines is 2. The number of nitrogens with two attached hydrogens (primary N) is 1. The molecular weight excluding hydrogens is 494 g/mol. The number of ether oxygens (including phenoxy) is 2. The molecule has 0 radical (unpaired) electrons. The number of aryl methyl sites for hydroxylation is 1. The highest BCUT2D eigenvalue weighted by Gasteiger charge is 2.28. The topological polar surface area (TPSA) is 128 Å². The molecule has 2 aromatic heterocycles. The molecule has 0 aliphatic carbocycles. The molecule has 1 aliphatic rings. The van der Waals surface area contributed by atoms with Crippen LogP contribution in [0.3, 0.4) is 0 Å². The molecule has 1 atom stereocenters. The zero-order valence-electron chi connectivity index (χ0n) is 22.6. The number of hydrogen-bond donors (Lipinski definition) is 2. The molecule has 10 heteroatoms. The van der Waals surface area contributed by atoms with Gasteiger partial charge in [-0.05, 0) is 64.3 Å². The third kappa shape index (κ3) is 6.00. The highest BCUT2D eigenvalue weighted by molar-refractivity contribution is 5.97. The van der Waals surface area contributed by atoms with Crippen LogP contribution < -0.4 is 15.8 Å². The molecule has 39 heavy (non-hydrogen) atoms. The first-order valence-corrected chi connectivity index (χ1v) is 13.0. The Bertz CT molecular complexity index is 1500. The molecule has 10 nitrogen and oxygen atoms in total. The maximum Gasteiger partial charge on any atom is 0.410 e. The average Bonchev–Trinajstić information content (AvgIpc) is 2.90. The zero-order valence-corrected chi connectivity index (χ0v) is 22.6. The molecule has 1 saturated heterocycles. The highest BCUT2D eigenvalue weighted by Crippen LogP contribution is 2.37. The quantitative estimate of drug-likeness (QED) is 0.320. The summed E-state index contributed by atoms with van der Waals surface area (Å²) in [6.07, 6.45) is 4.73. The third-order valence-corrected chi connectivity index (χ3v) is 6.47. The van der Waals surface area contributed by atoms with Crippen LogP contribution in [0.5, 0.6) is 11.6 Å². The number of amides is 1. The molecular formula is C29H33N7O3. The van der Waals surface area contributed by atoms with E-state index in [1.54, 1.807) is 23.4 Å². The summed E-state index contributed by atoms with van der Waals surface area (Å²) in [5, 5.41) is 13.5. The van der Waals surface area contributed by atoms with Crippen molar-refractivity contribution < 1.29 is 14.3 Å². The molecule has 0 bridgehead atoms. The lowest BCUT2D eigenvalue weighted by Crippen LogP contribution is -2.47. The Morgan fingerprint density at radius 2 is 1.95 bits per heavy atom. The summed E-state index contributed by atoms with van der Waals surface area (Å²) in [5.41, 5.74) is 8.59. The van der Waals surface area contributed by atoms with Crippen molar-refractivity contribution >= 4 is 28.5 Å². The van der Waals surface area contributed by atoms with Crippen LogP contribution in [0.25, 0.3) is 22.0 Å². The Morgan fingerprint density at radius 1 is 1.10 bits per heavy atom. The highest BCUT2D eigenvalue weighted by atomic mass is 16.6. The smallest absolute Gasteiger partial charge is 0.410 e. The number of benzene rings is 2. The minimum atomic E-state index is -0.537. The van der Waals surface area contributed by atoms with E-state index in [1.807, 2.05) is 64.1 Å². The number of likely N-dealkylation sites (tertiary alicyclic amines) is 1. The van der Waals surface area contributed by atoms with Crippen molar-refractivity contribution in [1.29, 1.82) is 0 Å². The molecule has 202 valence electrons. The first kappa shape index (κ1) is 26.1. The van der Waals surface area contributed by atoms with Crippen molar-refractivity contribution in [2.75, 3.05) is 24.1 Å². The number of hydrogen-bond acceptors (Lipinski definition) is 9. The second-order valence-electron chi connectivity index (χ2n) is 10.7. The summed E-state index contributed by atoms with van der Waals surface area (Å²) >= 11 is 0. The van der Waals surface area contributed by atoms with Gasteiger partial charge in [-0.1, -0.05) is 24.3 Å². The molecule has 1 amide bonds. The van der Waals surface area contributed by atoms with Crippen LogP contribution >= 0.6 is 0 Å². The van der Waals surface area contributed by atoms with Gasteiger partial charge in [-0.15, -0.1) is 5.10 Å². The Labute approximate surface area is 227 Å². The van der Waals surface area contributed by atoms with Gasteiger partial charge in [-0.25, -0.2) is 14.8 Å². The van der Waals surface area contributed by atoms with Crippen molar-refractivity contribution in [3.63, 3.8) is 0 Å².